The van der Waals surface area contributed by atoms with Gasteiger partial charge in [-0.15, -0.1) is 0 Å². The van der Waals surface area contributed by atoms with E-state index < -0.39 is 0 Å². The average molecular weight is 277 g/mol. The lowest BCUT2D eigenvalue weighted by atomic mass is 10.1. The van der Waals surface area contributed by atoms with Crippen LogP contribution in [-0.2, 0) is 0 Å². The minimum absolute atomic E-state index is 0.171. The van der Waals surface area contributed by atoms with Crippen LogP contribution in [0.25, 0.3) is 23.0 Å². The van der Waals surface area contributed by atoms with Crippen LogP contribution in [0.2, 0.25) is 0 Å². The van der Waals surface area contributed by atoms with Gasteiger partial charge < -0.3 is 8.94 Å². The third-order valence-electron chi connectivity index (χ3n) is 2.92. The number of nitriles is 1. The molecule has 0 spiro atoms. The molecule has 2 aromatic heterocycles. The zero-order chi connectivity index (χ0) is 14.7. The monoisotopic (exact) mass is 277 g/mol. The number of hydrogen-bond acceptors (Lipinski definition) is 5. The molecule has 3 rings (SSSR count). The summed E-state index contributed by atoms with van der Waals surface area (Å²) < 4.78 is 10.3. The number of aryl methyl sites for hydroxylation is 1. The molecule has 2 heterocycles. The van der Waals surface area contributed by atoms with Crippen LogP contribution in [0.4, 0.5) is 0 Å². The maximum Gasteiger partial charge on any atom is 0.269 e. The second-order valence-electron chi connectivity index (χ2n) is 4.47. The van der Waals surface area contributed by atoms with E-state index in [4.69, 9.17) is 8.94 Å². The molecule has 3 aromatic rings. The average Bonchev–Trinajstić information content (AvgIpc) is 3.17. The van der Waals surface area contributed by atoms with Gasteiger partial charge in [0.15, 0.2) is 0 Å². The third-order valence-corrected chi connectivity index (χ3v) is 2.92. The molecule has 0 aliphatic heterocycles. The van der Waals surface area contributed by atoms with E-state index in [2.05, 4.69) is 10.1 Å². The van der Waals surface area contributed by atoms with Crippen LogP contribution < -0.4 is 0 Å². The maximum atomic E-state index is 9.21. The SMILES string of the molecule is Cc1ccc(-c2noc(/C(C#N)=C\c3ccco3)n2)cc1. The van der Waals surface area contributed by atoms with Gasteiger partial charge in [-0.3, -0.25) is 0 Å². The summed E-state index contributed by atoms with van der Waals surface area (Å²) in [5.74, 6) is 1.18. The summed E-state index contributed by atoms with van der Waals surface area (Å²) in [4.78, 5) is 4.25. The zero-order valence-electron chi connectivity index (χ0n) is 11.3. The first-order chi connectivity index (χ1) is 10.3. The third kappa shape index (κ3) is 2.74. The Kier molecular flexibility index (Phi) is 3.36. The standard InChI is InChI=1S/C16H11N3O2/c1-11-4-6-12(7-5-11)15-18-16(21-19-15)13(10-17)9-14-3-2-8-20-14/h2-9H,1H3/b13-9-. The fourth-order valence-electron chi connectivity index (χ4n) is 1.81. The number of hydrogen-bond donors (Lipinski definition) is 0. The van der Waals surface area contributed by atoms with Crippen molar-refractivity contribution in [1.82, 2.24) is 10.1 Å². The van der Waals surface area contributed by atoms with Gasteiger partial charge in [0.1, 0.15) is 17.4 Å². The molecule has 0 unspecified atom stereocenters. The molecule has 0 fully saturated rings. The highest BCUT2D eigenvalue weighted by atomic mass is 16.5. The van der Waals surface area contributed by atoms with E-state index in [0.29, 0.717) is 11.6 Å². The van der Waals surface area contributed by atoms with Crippen molar-refractivity contribution in [2.45, 2.75) is 6.92 Å². The van der Waals surface area contributed by atoms with Gasteiger partial charge in [0.05, 0.1) is 6.26 Å². The molecule has 0 atom stereocenters. The lowest BCUT2D eigenvalue weighted by Gasteiger charge is -1.94. The van der Waals surface area contributed by atoms with Crippen molar-refractivity contribution in [3.8, 4) is 17.5 Å². The van der Waals surface area contributed by atoms with E-state index in [-0.39, 0.29) is 11.5 Å². The van der Waals surface area contributed by atoms with Crippen molar-refractivity contribution < 1.29 is 8.94 Å². The van der Waals surface area contributed by atoms with Crippen LogP contribution in [0.3, 0.4) is 0 Å². The number of rotatable bonds is 3. The number of allylic oxidation sites excluding steroid dienone is 1. The molecule has 5 nitrogen and oxygen atoms in total. The summed E-state index contributed by atoms with van der Waals surface area (Å²) in [5.41, 5.74) is 2.25. The largest absolute Gasteiger partial charge is 0.465 e. The van der Waals surface area contributed by atoms with E-state index in [1.165, 1.54) is 6.26 Å². The van der Waals surface area contributed by atoms with Gasteiger partial charge >= 0.3 is 0 Å². The number of nitrogens with zero attached hydrogens (tertiary/aromatic N) is 3. The predicted molar refractivity (Wildman–Crippen MR) is 76.7 cm³/mol. The van der Waals surface area contributed by atoms with Gasteiger partial charge in [0.2, 0.25) is 5.82 Å². The van der Waals surface area contributed by atoms with Crippen molar-refractivity contribution in [2.75, 3.05) is 0 Å². The van der Waals surface area contributed by atoms with E-state index in [0.717, 1.165) is 11.1 Å². The summed E-state index contributed by atoms with van der Waals surface area (Å²) in [5, 5.41) is 13.1. The molecule has 0 aliphatic rings. The highest BCUT2D eigenvalue weighted by Crippen LogP contribution is 2.21. The topological polar surface area (TPSA) is 75.8 Å². The Morgan fingerprint density at radius 1 is 1.24 bits per heavy atom. The maximum absolute atomic E-state index is 9.21. The normalized spacial score (nSPS) is 11.3. The van der Waals surface area contributed by atoms with E-state index in [9.17, 15) is 5.26 Å². The van der Waals surface area contributed by atoms with Crippen molar-refractivity contribution in [3.63, 3.8) is 0 Å². The Balaban J connectivity index is 1.94. The molecule has 21 heavy (non-hydrogen) atoms. The molecule has 102 valence electrons. The first-order valence-corrected chi connectivity index (χ1v) is 6.33. The molecule has 0 amide bonds. The first-order valence-electron chi connectivity index (χ1n) is 6.33. The van der Waals surface area contributed by atoms with Gasteiger partial charge in [-0.1, -0.05) is 35.0 Å². The van der Waals surface area contributed by atoms with Gasteiger partial charge in [-0.05, 0) is 19.1 Å². The Morgan fingerprint density at radius 3 is 2.71 bits per heavy atom. The van der Waals surface area contributed by atoms with E-state index in [1.807, 2.05) is 37.3 Å². The second-order valence-corrected chi connectivity index (χ2v) is 4.47. The number of benzene rings is 1. The van der Waals surface area contributed by atoms with Crippen molar-refractivity contribution >= 4 is 11.6 Å². The number of aromatic nitrogens is 2. The molecular formula is C16H11N3O2. The van der Waals surface area contributed by atoms with Crippen LogP contribution in [-0.4, -0.2) is 10.1 Å². The van der Waals surface area contributed by atoms with Crippen molar-refractivity contribution in [3.05, 3.63) is 59.9 Å². The van der Waals surface area contributed by atoms with Gasteiger partial charge in [0, 0.05) is 11.6 Å². The van der Waals surface area contributed by atoms with E-state index in [1.54, 1.807) is 18.2 Å². The highest BCUT2D eigenvalue weighted by Gasteiger charge is 2.13. The smallest absolute Gasteiger partial charge is 0.269 e. The van der Waals surface area contributed by atoms with Gasteiger partial charge in [0.25, 0.3) is 5.89 Å². The summed E-state index contributed by atoms with van der Waals surface area (Å²) in [6.45, 7) is 2.01. The molecule has 0 saturated carbocycles. The van der Waals surface area contributed by atoms with Crippen molar-refractivity contribution in [2.24, 2.45) is 0 Å². The molecular weight excluding hydrogens is 266 g/mol. The summed E-state index contributed by atoms with van der Waals surface area (Å²) in [6.07, 6.45) is 3.10. The van der Waals surface area contributed by atoms with Gasteiger partial charge in [-0.2, -0.15) is 10.2 Å². The molecule has 0 bridgehead atoms. The quantitative estimate of drug-likeness (QED) is 0.682. The van der Waals surface area contributed by atoms with Crippen LogP contribution in [0.1, 0.15) is 17.2 Å². The lowest BCUT2D eigenvalue weighted by molar-refractivity contribution is 0.409. The fourth-order valence-corrected chi connectivity index (χ4v) is 1.81. The van der Waals surface area contributed by atoms with E-state index >= 15 is 0 Å². The molecule has 0 saturated heterocycles. The minimum Gasteiger partial charge on any atom is -0.465 e. The summed E-state index contributed by atoms with van der Waals surface area (Å²) in [7, 11) is 0. The predicted octanol–water partition coefficient (Wildman–Crippen LogP) is 3.70. The molecule has 0 N–H and O–H groups in total. The first kappa shape index (κ1) is 12.9. The zero-order valence-corrected chi connectivity index (χ0v) is 11.3. The molecule has 0 aliphatic carbocycles. The Bertz CT molecular complexity index is 806. The minimum atomic E-state index is 0.171. The Hall–Kier alpha value is -3.13. The highest BCUT2D eigenvalue weighted by molar-refractivity contribution is 5.85. The number of furan rings is 1. The molecule has 1 aromatic carbocycles. The molecule has 0 radical (unpaired) electrons. The molecule has 5 heteroatoms. The van der Waals surface area contributed by atoms with Crippen molar-refractivity contribution in [1.29, 1.82) is 5.26 Å². The van der Waals surface area contributed by atoms with Gasteiger partial charge in [-0.25, -0.2) is 0 Å². The second kappa shape index (κ2) is 5.47. The lowest BCUT2D eigenvalue weighted by Crippen LogP contribution is -1.83. The van der Waals surface area contributed by atoms with Crippen LogP contribution in [0.15, 0.2) is 51.6 Å². The fraction of sp³-hybridized carbons (Fsp3) is 0.0625. The Labute approximate surface area is 121 Å². The van der Waals surface area contributed by atoms with Crippen LogP contribution in [0, 0.1) is 18.3 Å². The summed E-state index contributed by atoms with van der Waals surface area (Å²) >= 11 is 0. The van der Waals surface area contributed by atoms with Crippen LogP contribution >= 0.6 is 0 Å². The Morgan fingerprint density at radius 2 is 2.05 bits per heavy atom. The van der Waals surface area contributed by atoms with Crippen LogP contribution in [0.5, 0.6) is 0 Å². The summed E-state index contributed by atoms with van der Waals surface area (Å²) in [6, 6.07) is 13.3.